The van der Waals surface area contributed by atoms with E-state index in [0.717, 1.165) is 17.8 Å². The van der Waals surface area contributed by atoms with Crippen LogP contribution in [0.3, 0.4) is 0 Å². The molecule has 0 radical (unpaired) electrons. The summed E-state index contributed by atoms with van der Waals surface area (Å²) in [5.74, 6) is 1.27. The normalized spacial score (nSPS) is 20.6. The smallest absolute Gasteiger partial charge is 0.378 e. The second-order valence-corrected chi connectivity index (χ2v) is 13.6. The highest BCUT2D eigenvalue weighted by Gasteiger charge is 2.40. The number of piperidine rings is 1. The number of halogens is 7. The third-order valence-corrected chi connectivity index (χ3v) is 10.2. The Kier molecular flexibility index (Phi) is 10.8. The minimum Gasteiger partial charge on any atom is -0.378 e. The average Bonchev–Trinajstić information content (AvgIpc) is 3.54. The van der Waals surface area contributed by atoms with Gasteiger partial charge in [0, 0.05) is 51.2 Å². The van der Waals surface area contributed by atoms with Crippen LogP contribution in [0.2, 0.25) is 5.02 Å². The third-order valence-electron chi connectivity index (χ3n) is 9.90. The number of Topliss-reactive ketones (excluding diaryl/α,β-unsaturated/α-hetero) is 1. The molecular formula is C34H39ClF6N8O2. The lowest BCUT2D eigenvalue weighted by Gasteiger charge is -2.32. The van der Waals surface area contributed by atoms with E-state index in [-0.39, 0.29) is 41.9 Å². The topological polar surface area (TPSA) is 90.8 Å². The fraction of sp³-hybridized carbons (Fsp3) is 0.559. The molecule has 3 aliphatic heterocycles. The Labute approximate surface area is 296 Å². The van der Waals surface area contributed by atoms with Crippen molar-refractivity contribution in [2.24, 2.45) is 5.92 Å². The number of aromatic nitrogens is 4. The molecule has 276 valence electrons. The van der Waals surface area contributed by atoms with Crippen LogP contribution in [-0.2, 0) is 28.4 Å². The molecule has 0 unspecified atom stereocenters. The number of hydrogen-bond acceptors (Lipinski definition) is 10. The number of rotatable bonds is 9. The Bertz CT molecular complexity index is 1650. The number of ether oxygens (including phenoxy) is 1. The highest BCUT2D eigenvalue weighted by molar-refractivity contribution is 6.32. The van der Waals surface area contributed by atoms with Crippen molar-refractivity contribution in [2.75, 3.05) is 65.5 Å². The Morgan fingerprint density at radius 1 is 0.922 bits per heavy atom. The number of morpholine rings is 1. The first kappa shape index (κ1) is 36.9. The number of hydrogen-bond donors (Lipinski definition) is 0. The summed E-state index contributed by atoms with van der Waals surface area (Å²) in [7, 11) is 0. The number of carbonyl (C=O) groups excluding carboxylic acids is 1. The van der Waals surface area contributed by atoms with Gasteiger partial charge in [0.15, 0.2) is 5.82 Å². The Morgan fingerprint density at radius 2 is 1.55 bits per heavy atom. The van der Waals surface area contributed by atoms with Gasteiger partial charge in [0.1, 0.15) is 10.8 Å². The van der Waals surface area contributed by atoms with Crippen LogP contribution in [0, 0.1) is 5.92 Å². The summed E-state index contributed by atoms with van der Waals surface area (Å²) in [6.45, 7) is 7.10. The molecule has 3 fully saturated rings. The summed E-state index contributed by atoms with van der Waals surface area (Å²) in [6, 6.07) is 1.06. The fourth-order valence-corrected chi connectivity index (χ4v) is 7.27. The van der Waals surface area contributed by atoms with E-state index in [1.54, 1.807) is 24.2 Å². The van der Waals surface area contributed by atoms with Crippen molar-refractivity contribution >= 4 is 40.8 Å². The zero-order valence-corrected chi connectivity index (χ0v) is 29.0. The van der Waals surface area contributed by atoms with Crippen molar-refractivity contribution in [3.8, 4) is 0 Å². The van der Waals surface area contributed by atoms with Crippen LogP contribution in [0.1, 0.15) is 56.2 Å². The van der Waals surface area contributed by atoms with Crippen LogP contribution in [-0.4, -0.2) is 83.7 Å². The molecule has 10 nitrogen and oxygen atoms in total. The van der Waals surface area contributed by atoms with Gasteiger partial charge in [0.25, 0.3) is 0 Å². The minimum absolute atomic E-state index is 0.00277. The lowest BCUT2D eigenvalue weighted by atomic mass is 9.93. The van der Waals surface area contributed by atoms with Gasteiger partial charge in [0.2, 0.25) is 11.9 Å². The standard InChI is InChI=1S/C34H39ClF6N8O2/c1-3-26-15-27(20-48(26)30-29(35)18-44-32(45-30)47-6-4-23(5-7-47)21(2)50)49(31-42-16-28(17-43-31)46-8-10-51-11-9-46)19-22-12-24(33(36,37)38)14-25(13-22)34(39,40)41/h12-14,16-18,23,26-27H,3-11,15,19-20H2,1-2H3/t26-,27+/m1/s1. The fourth-order valence-electron chi connectivity index (χ4n) is 7.07. The van der Waals surface area contributed by atoms with E-state index in [2.05, 4.69) is 15.0 Å². The minimum atomic E-state index is -4.99. The highest BCUT2D eigenvalue weighted by Crippen LogP contribution is 2.39. The van der Waals surface area contributed by atoms with Gasteiger partial charge in [-0.25, -0.2) is 15.0 Å². The highest BCUT2D eigenvalue weighted by atomic mass is 35.5. The van der Waals surface area contributed by atoms with Gasteiger partial charge in [0.05, 0.1) is 54.7 Å². The quantitative estimate of drug-likeness (QED) is 0.222. The maximum absolute atomic E-state index is 13.8. The molecule has 6 rings (SSSR count). The predicted molar refractivity (Wildman–Crippen MR) is 180 cm³/mol. The van der Waals surface area contributed by atoms with E-state index in [9.17, 15) is 31.1 Å². The van der Waals surface area contributed by atoms with Crippen LogP contribution >= 0.6 is 11.6 Å². The molecule has 51 heavy (non-hydrogen) atoms. The molecule has 2 atom stereocenters. The van der Waals surface area contributed by atoms with Gasteiger partial charge >= 0.3 is 12.4 Å². The first-order chi connectivity index (χ1) is 24.2. The van der Waals surface area contributed by atoms with Crippen molar-refractivity contribution in [2.45, 2.75) is 70.5 Å². The Morgan fingerprint density at radius 3 is 2.12 bits per heavy atom. The molecule has 0 N–H and O–H groups in total. The van der Waals surface area contributed by atoms with Crippen molar-refractivity contribution < 1.29 is 35.9 Å². The number of anilines is 4. The Hall–Kier alpha value is -3.92. The van der Waals surface area contributed by atoms with Gasteiger partial charge in [-0.1, -0.05) is 18.5 Å². The number of carbonyl (C=O) groups is 1. The molecule has 3 aromatic rings. The first-order valence-electron chi connectivity index (χ1n) is 17.0. The maximum atomic E-state index is 13.8. The van der Waals surface area contributed by atoms with E-state index in [1.807, 2.05) is 21.6 Å². The first-order valence-corrected chi connectivity index (χ1v) is 17.3. The third kappa shape index (κ3) is 8.43. The van der Waals surface area contributed by atoms with E-state index in [1.165, 1.54) is 6.20 Å². The second kappa shape index (κ2) is 15.0. The van der Waals surface area contributed by atoms with Crippen LogP contribution in [0.15, 0.2) is 36.8 Å². The molecule has 3 aliphatic rings. The summed E-state index contributed by atoms with van der Waals surface area (Å²) < 4.78 is 88.5. The van der Waals surface area contributed by atoms with Crippen molar-refractivity contribution in [3.63, 3.8) is 0 Å². The van der Waals surface area contributed by atoms with Gasteiger partial charge in [-0.15, -0.1) is 0 Å². The van der Waals surface area contributed by atoms with E-state index < -0.39 is 29.5 Å². The van der Waals surface area contributed by atoms with Gasteiger partial charge in [-0.2, -0.15) is 31.3 Å². The average molecular weight is 741 g/mol. The van der Waals surface area contributed by atoms with Crippen molar-refractivity contribution in [1.82, 2.24) is 19.9 Å². The maximum Gasteiger partial charge on any atom is 0.416 e. The van der Waals surface area contributed by atoms with E-state index >= 15 is 0 Å². The monoisotopic (exact) mass is 740 g/mol. The van der Waals surface area contributed by atoms with Crippen LogP contribution in [0.5, 0.6) is 0 Å². The molecule has 0 saturated carbocycles. The zero-order valence-electron chi connectivity index (χ0n) is 28.2. The predicted octanol–water partition coefficient (Wildman–Crippen LogP) is 6.66. The molecule has 1 aromatic carbocycles. The molecule has 0 spiro atoms. The summed E-state index contributed by atoms with van der Waals surface area (Å²) in [5.41, 5.74) is -2.22. The molecule has 17 heteroatoms. The molecule has 2 aromatic heterocycles. The number of alkyl halides is 6. The summed E-state index contributed by atoms with van der Waals surface area (Å²) in [4.78, 5) is 38.1. The SMILES string of the molecule is CC[C@@H]1C[C@H](N(Cc2cc(C(F)(F)F)cc(C(F)(F)F)c2)c2ncc(N3CCOCC3)cn2)CN1c1nc(N2CCC(C(C)=O)CC2)ncc1Cl. The number of ketones is 1. The summed E-state index contributed by atoms with van der Waals surface area (Å²) >= 11 is 6.69. The zero-order chi connectivity index (χ0) is 36.5. The van der Waals surface area contributed by atoms with E-state index in [0.29, 0.717) is 88.4 Å². The summed E-state index contributed by atoms with van der Waals surface area (Å²) in [5, 5.41) is 0.307. The number of nitrogens with zero attached hydrogens (tertiary/aromatic N) is 8. The van der Waals surface area contributed by atoms with Gasteiger partial charge in [-0.3, -0.25) is 4.79 Å². The molecular weight excluding hydrogens is 702 g/mol. The van der Waals surface area contributed by atoms with E-state index in [4.69, 9.17) is 21.3 Å². The van der Waals surface area contributed by atoms with Crippen LogP contribution in [0.4, 0.5) is 49.7 Å². The Balaban J connectivity index is 1.33. The summed E-state index contributed by atoms with van der Waals surface area (Å²) in [6.07, 6.45) is -2.71. The lowest BCUT2D eigenvalue weighted by Crippen LogP contribution is -2.40. The molecule has 0 bridgehead atoms. The molecule has 3 saturated heterocycles. The number of benzene rings is 1. The van der Waals surface area contributed by atoms with Crippen molar-refractivity contribution in [3.05, 3.63) is 58.5 Å². The van der Waals surface area contributed by atoms with Crippen molar-refractivity contribution in [1.29, 1.82) is 0 Å². The molecule has 5 heterocycles. The molecule has 0 amide bonds. The molecule has 0 aliphatic carbocycles. The van der Waals surface area contributed by atoms with Crippen LogP contribution < -0.4 is 19.6 Å². The van der Waals surface area contributed by atoms with Crippen LogP contribution in [0.25, 0.3) is 0 Å². The van der Waals surface area contributed by atoms with Gasteiger partial charge in [-0.05, 0) is 56.4 Å². The lowest BCUT2D eigenvalue weighted by molar-refractivity contribution is -0.143. The van der Waals surface area contributed by atoms with Gasteiger partial charge < -0.3 is 24.3 Å². The largest absolute Gasteiger partial charge is 0.416 e. The second-order valence-electron chi connectivity index (χ2n) is 13.2.